The minimum atomic E-state index is -1.30. The van der Waals surface area contributed by atoms with Crippen molar-refractivity contribution in [3.63, 3.8) is 0 Å². The predicted octanol–water partition coefficient (Wildman–Crippen LogP) is 6.22. The molecular weight excluding hydrogens is 401 g/mol. The Morgan fingerprint density at radius 2 is 1.93 bits per heavy atom. The third-order valence-corrected chi connectivity index (χ3v) is 5.93. The Bertz CT molecular complexity index is 933. The van der Waals surface area contributed by atoms with Crippen molar-refractivity contribution < 1.29 is 8.78 Å². The number of halogens is 4. The lowest BCUT2D eigenvalue weighted by Gasteiger charge is -2.37. The van der Waals surface area contributed by atoms with Crippen molar-refractivity contribution >= 4 is 23.2 Å². The molecule has 0 amide bonds. The van der Waals surface area contributed by atoms with Gasteiger partial charge < -0.3 is 5.32 Å². The molecule has 1 aliphatic heterocycles. The molecule has 1 heterocycles. The SMILES string of the molecule is CC(C)(C)C[C@@H]1NC[C@H](c2cccc(Cl)c2F)[C@]1(C#N)c1ccc(Cl)cc1F. The molecule has 148 valence electrons. The summed E-state index contributed by atoms with van der Waals surface area (Å²) in [6, 6.07) is 11.0. The Morgan fingerprint density at radius 1 is 1.21 bits per heavy atom. The Hall–Kier alpha value is -1.67. The standard InChI is InChI=1S/C22H22Cl2F2N2/c1-21(2,3)10-19-22(12-27,15-8-7-13(23)9-18(15)25)16(11-28-19)14-5-4-6-17(24)20(14)26/h4-9,16,19,28H,10-11H2,1-3H3/t16-,19+,22+/m1/s1. The van der Waals surface area contributed by atoms with Gasteiger partial charge in [0.2, 0.25) is 0 Å². The van der Waals surface area contributed by atoms with Gasteiger partial charge in [-0.15, -0.1) is 0 Å². The van der Waals surface area contributed by atoms with Gasteiger partial charge in [-0.2, -0.15) is 5.26 Å². The molecular formula is C22H22Cl2F2N2. The lowest BCUT2D eigenvalue weighted by atomic mass is 9.64. The van der Waals surface area contributed by atoms with Crippen LogP contribution < -0.4 is 5.32 Å². The zero-order chi connectivity index (χ0) is 20.7. The molecule has 1 fully saturated rings. The van der Waals surface area contributed by atoms with Gasteiger partial charge in [0, 0.05) is 29.1 Å². The van der Waals surface area contributed by atoms with Gasteiger partial charge in [-0.25, -0.2) is 8.78 Å². The molecule has 0 spiro atoms. The van der Waals surface area contributed by atoms with Crippen molar-refractivity contribution in [1.29, 1.82) is 5.26 Å². The van der Waals surface area contributed by atoms with Gasteiger partial charge in [-0.1, -0.05) is 62.2 Å². The van der Waals surface area contributed by atoms with Crippen LogP contribution in [0.2, 0.25) is 10.0 Å². The van der Waals surface area contributed by atoms with E-state index in [1.54, 1.807) is 24.3 Å². The van der Waals surface area contributed by atoms with Gasteiger partial charge in [0.15, 0.2) is 0 Å². The number of benzene rings is 2. The summed E-state index contributed by atoms with van der Waals surface area (Å²) in [5.41, 5.74) is -0.881. The first-order chi connectivity index (χ1) is 13.1. The largest absolute Gasteiger partial charge is 0.311 e. The lowest BCUT2D eigenvalue weighted by Crippen LogP contribution is -2.44. The van der Waals surface area contributed by atoms with Crippen LogP contribution in [0.3, 0.4) is 0 Å². The fourth-order valence-corrected chi connectivity index (χ4v) is 4.57. The summed E-state index contributed by atoms with van der Waals surface area (Å²) in [6.07, 6.45) is 0.612. The second-order valence-corrected chi connectivity index (χ2v) is 9.37. The summed E-state index contributed by atoms with van der Waals surface area (Å²) in [4.78, 5) is 0. The van der Waals surface area contributed by atoms with Crippen LogP contribution in [0.15, 0.2) is 36.4 Å². The van der Waals surface area contributed by atoms with Crippen LogP contribution in [0.5, 0.6) is 0 Å². The van der Waals surface area contributed by atoms with E-state index >= 15 is 4.39 Å². The fourth-order valence-electron chi connectivity index (χ4n) is 4.23. The Labute approximate surface area is 174 Å². The van der Waals surface area contributed by atoms with Crippen LogP contribution in [0, 0.1) is 28.4 Å². The second kappa shape index (κ2) is 7.63. The maximum Gasteiger partial charge on any atom is 0.145 e. The summed E-state index contributed by atoms with van der Waals surface area (Å²) >= 11 is 11.9. The summed E-state index contributed by atoms with van der Waals surface area (Å²) < 4.78 is 29.9. The van der Waals surface area contributed by atoms with Crippen molar-refractivity contribution in [2.45, 2.75) is 44.6 Å². The van der Waals surface area contributed by atoms with E-state index in [0.717, 1.165) is 0 Å². The van der Waals surface area contributed by atoms with E-state index in [-0.39, 0.29) is 27.1 Å². The molecule has 2 nitrogen and oxygen atoms in total. The summed E-state index contributed by atoms with van der Waals surface area (Å²) in [5.74, 6) is -1.73. The summed E-state index contributed by atoms with van der Waals surface area (Å²) in [6.45, 7) is 6.51. The van der Waals surface area contributed by atoms with Crippen LogP contribution in [0.1, 0.15) is 44.2 Å². The van der Waals surface area contributed by atoms with Crippen LogP contribution in [0.4, 0.5) is 8.78 Å². The lowest BCUT2D eigenvalue weighted by molar-refractivity contribution is 0.278. The molecule has 1 aliphatic rings. The number of nitrogens with one attached hydrogen (secondary N) is 1. The summed E-state index contributed by atoms with van der Waals surface area (Å²) in [7, 11) is 0. The number of hydrogen-bond donors (Lipinski definition) is 1. The highest BCUT2D eigenvalue weighted by atomic mass is 35.5. The van der Waals surface area contributed by atoms with Gasteiger partial charge in [0.05, 0.1) is 11.1 Å². The molecule has 0 radical (unpaired) electrons. The number of rotatable bonds is 3. The molecule has 2 aromatic rings. The smallest absolute Gasteiger partial charge is 0.145 e. The van der Waals surface area contributed by atoms with E-state index in [1.807, 2.05) is 0 Å². The van der Waals surface area contributed by atoms with Crippen LogP contribution in [0.25, 0.3) is 0 Å². The molecule has 0 bridgehead atoms. The van der Waals surface area contributed by atoms with Crippen LogP contribution in [-0.4, -0.2) is 12.6 Å². The molecule has 0 aliphatic carbocycles. The van der Waals surface area contributed by atoms with Crippen molar-refractivity contribution in [1.82, 2.24) is 5.32 Å². The van der Waals surface area contributed by atoms with Crippen molar-refractivity contribution in [2.75, 3.05) is 6.54 Å². The van der Waals surface area contributed by atoms with E-state index in [2.05, 4.69) is 32.2 Å². The fraction of sp³-hybridized carbons (Fsp3) is 0.409. The number of nitriles is 1. The van der Waals surface area contributed by atoms with E-state index in [4.69, 9.17) is 23.2 Å². The Balaban J connectivity index is 2.25. The molecule has 28 heavy (non-hydrogen) atoms. The molecule has 6 heteroatoms. The summed E-state index contributed by atoms with van der Waals surface area (Å²) in [5, 5.41) is 14.0. The van der Waals surface area contributed by atoms with Crippen molar-refractivity contribution in [3.05, 3.63) is 69.2 Å². The van der Waals surface area contributed by atoms with Gasteiger partial charge in [0.1, 0.15) is 17.0 Å². The first-order valence-corrected chi connectivity index (χ1v) is 9.90. The Kier molecular flexibility index (Phi) is 5.74. The second-order valence-electron chi connectivity index (χ2n) is 8.53. The van der Waals surface area contributed by atoms with E-state index in [0.29, 0.717) is 18.5 Å². The van der Waals surface area contributed by atoms with Crippen molar-refractivity contribution in [3.8, 4) is 6.07 Å². The van der Waals surface area contributed by atoms with E-state index in [1.165, 1.54) is 12.1 Å². The van der Waals surface area contributed by atoms with E-state index < -0.39 is 23.0 Å². The maximum atomic E-state index is 15.0. The van der Waals surface area contributed by atoms with Gasteiger partial charge in [-0.3, -0.25) is 0 Å². The minimum Gasteiger partial charge on any atom is -0.311 e. The molecule has 3 atom stereocenters. The number of hydrogen-bond acceptors (Lipinski definition) is 2. The Morgan fingerprint density at radius 3 is 2.54 bits per heavy atom. The van der Waals surface area contributed by atoms with Gasteiger partial charge in [0.25, 0.3) is 0 Å². The topological polar surface area (TPSA) is 35.8 Å². The third kappa shape index (κ3) is 3.64. The quantitative estimate of drug-likeness (QED) is 0.636. The molecule has 0 aromatic heterocycles. The maximum absolute atomic E-state index is 15.0. The molecule has 3 rings (SSSR count). The first-order valence-electron chi connectivity index (χ1n) is 9.14. The molecule has 2 aromatic carbocycles. The molecule has 1 N–H and O–H groups in total. The van der Waals surface area contributed by atoms with Crippen molar-refractivity contribution in [2.24, 2.45) is 5.41 Å². The highest BCUT2D eigenvalue weighted by Gasteiger charge is 2.55. The monoisotopic (exact) mass is 422 g/mol. The highest BCUT2D eigenvalue weighted by molar-refractivity contribution is 6.31. The van der Waals surface area contributed by atoms with Crippen LogP contribution in [-0.2, 0) is 5.41 Å². The predicted molar refractivity (Wildman–Crippen MR) is 109 cm³/mol. The average molecular weight is 423 g/mol. The molecule has 0 saturated carbocycles. The minimum absolute atomic E-state index is 0.0137. The average Bonchev–Trinajstić information content (AvgIpc) is 2.94. The van der Waals surface area contributed by atoms with Gasteiger partial charge in [-0.05, 0) is 35.6 Å². The first kappa shape index (κ1) is 21.0. The van der Waals surface area contributed by atoms with E-state index in [9.17, 15) is 9.65 Å². The van der Waals surface area contributed by atoms with Crippen LogP contribution >= 0.6 is 23.2 Å². The normalized spacial score (nSPS) is 24.9. The molecule has 1 saturated heterocycles. The zero-order valence-corrected chi connectivity index (χ0v) is 17.5. The third-order valence-electron chi connectivity index (χ3n) is 5.40. The number of nitrogens with zero attached hydrogens (tertiary/aromatic N) is 1. The van der Waals surface area contributed by atoms with Gasteiger partial charge >= 0.3 is 0 Å². The highest BCUT2D eigenvalue weighted by Crippen LogP contribution is 2.50. The molecule has 0 unspecified atom stereocenters. The zero-order valence-electron chi connectivity index (χ0n) is 16.0.